The lowest BCUT2D eigenvalue weighted by molar-refractivity contribution is 0.390. The third-order valence-corrected chi connectivity index (χ3v) is 6.50. The zero-order chi connectivity index (χ0) is 19.3. The fourth-order valence-corrected chi connectivity index (χ4v) is 4.52. The van der Waals surface area contributed by atoms with Crippen LogP contribution >= 0.6 is 23.2 Å². The number of rotatable bonds is 6. The Morgan fingerprint density at radius 2 is 1.70 bits per heavy atom. The monoisotopic (exact) mass is 425 g/mol. The van der Waals surface area contributed by atoms with Crippen LogP contribution in [0.4, 0.5) is 5.69 Å². The van der Waals surface area contributed by atoms with Crippen LogP contribution in [0.3, 0.4) is 0 Å². The fraction of sp³-hybridized carbons (Fsp3) is 0.316. The van der Waals surface area contributed by atoms with Crippen LogP contribution in [-0.2, 0) is 16.4 Å². The van der Waals surface area contributed by atoms with Gasteiger partial charge in [0.25, 0.3) is 0 Å². The van der Waals surface area contributed by atoms with Crippen molar-refractivity contribution < 1.29 is 8.42 Å². The first-order valence-corrected chi connectivity index (χ1v) is 11.0. The van der Waals surface area contributed by atoms with Crippen molar-refractivity contribution in [1.29, 1.82) is 0 Å². The number of allylic oxidation sites excluding steroid dienone is 1. The van der Waals surface area contributed by atoms with Gasteiger partial charge in [-0.15, -0.1) is 0 Å². The number of pyridine rings is 1. The van der Waals surface area contributed by atoms with Crippen LogP contribution in [0.1, 0.15) is 12.0 Å². The number of halogens is 2. The van der Waals surface area contributed by atoms with E-state index >= 15 is 0 Å². The molecule has 1 fully saturated rings. The summed E-state index contributed by atoms with van der Waals surface area (Å²) < 4.78 is 26.5. The van der Waals surface area contributed by atoms with Crippen molar-refractivity contribution in [3.63, 3.8) is 0 Å². The van der Waals surface area contributed by atoms with Gasteiger partial charge < -0.3 is 4.90 Å². The average Bonchev–Trinajstić information content (AvgIpc) is 2.66. The molecule has 0 N–H and O–H groups in total. The van der Waals surface area contributed by atoms with Gasteiger partial charge in [-0.2, -0.15) is 4.31 Å². The molecule has 0 saturated carbocycles. The van der Waals surface area contributed by atoms with Crippen LogP contribution in [0, 0.1) is 0 Å². The van der Waals surface area contributed by atoms with E-state index in [1.807, 2.05) is 30.3 Å². The van der Waals surface area contributed by atoms with Crippen LogP contribution in [0.5, 0.6) is 0 Å². The maximum atomic E-state index is 12.5. The van der Waals surface area contributed by atoms with E-state index in [-0.39, 0.29) is 0 Å². The first kappa shape index (κ1) is 20.1. The van der Waals surface area contributed by atoms with E-state index < -0.39 is 10.0 Å². The predicted molar refractivity (Wildman–Crippen MR) is 111 cm³/mol. The van der Waals surface area contributed by atoms with Crippen molar-refractivity contribution in [2.24, 2.45) is 0 Å². The van der Waals surface area contributed by atoms with Crippen molar-refractivity contribution >= 4 is 38.9 Å². The van der Waals surface area contributed by atoms with Gasteiger partial charge >= 0.3 is 0 Å². The van der Waals surface area contributed by atoms with Gasteiger partial charge in [-0.05, 0) is 48.7 Å². The molecule has 144 valence electrons. The Morgan fingerprint density at radius 3 is 2.37 bits per heavy atom. The maximum Gasteiger partial charge on any atom is 0.236 e. The zero-order valence-corrected chi connectivity index (χ0v) is 17.1. The summed E-state index contributed by atoms with van der Waals surface area (Å²) in [5.74, 6) is 0. The average molecular weight is 426 g/mol. The summed E-state index contributed by atoms with van der Waals surface area (Å²) in [4.78, 5) is 6.19. The number of hydrogen-bond acceptors (Lipinski definition) is 4. The minimum atomic E-state index is -3.39. The number of nitrogens with zero attached hydrogens (tertiary/aromatic N) is 3. The fourth-order valence-electron chi connectivity index (χ4n) is 2.97. The molecule has 27 heavy (non-hydrogen) atoms. The highest BCUT2D eigenvalue weighted by Crippen LogP contribution is 2.20. The van der Waals surface area contributed by atoms with Gasteiger partial charge in [-0.3, -0.25) is 4.98 Å². The first-order valence-electron chi connectivity index (χ1n) is 8.71. The van der Waals surface area contributed by atoms with Gasteiger partial charge in [0.15, 0.2) is 0 Å². The second-order valence-electron chi connectivity index (χ2n) is 6.33. The lowest BCUT2D eigenvalue weighted by Gasteiger charge is -2.34. The van der Waals surface area contributed by atoms with Crippen LogP contribution in [0.15, 0.2) is 54.2 Å². The van der Waals surface area contributed by atoms with Crippen molar-refractivity contribution in [2.75, 3.05) is 31.1 Å². The molecule has 0 bridgehead atoms. The van der Waals surface area contributed by atoms with Gasteiger partial charge in [-0.1, -0.05) is 29.3 Å². The van der Waals surface area contributed by atoms with Crippen LogP contribution < -0.4 is 4.90 Å². The summed E-state index contributed by atoms with van der Waals surface area (Å²) in [6, 6.07) is 9.44. The van der Waals surface area contributed by atoms with Gasteiger partial charge in [0.05, 0.1) is 5.02 Å². The van der Waals surface area contributed by atoms with Crippen LogP contribution in [0.2, 0.25) is 10.0 Å². The third kappa shape index (κ3) is 5.69. The minimum absolute atomic E-state index is 0.466. The van der Waals surface area contributed by atoms with Crippen molar-refractivity contribution in [1.82, 2.24) is 9.29 Å². The Labute approximate surface area is 170 Å². The molecular weight excluding hydrogens is 405 g/mol. The molecule has 0 spiro atoms. The quantitative estimate of drug-likeness (QED) is 0.701. The molecular formula is C19H21Cl2N3O2S. The molecule has 5 nitrogen and oxygen atoms in total. The van der Waals surface area contributed by atoms with E-state index in [0.29, 0.717) is 49.1 Å². The van der Waals surface area contributed by atoms with E-state index in [1.165, 1.54) is 9.71 Å². The Balaban J connectivity index is 1.51. The molecule has 0 aliphatic carbocycles. The molecule has 1 aliphatic rings. The molecule has 0 amide bonds. The Hall–Kier alpha value is -1.60. The predicted octanol–water partition coefficient (Wildman–Crippen LogP) is 3.99. The molecule has 0 radical (unpaired) electrons. The third-order valence-electron chi connectivity index (χ3n) is 4.42. The maximum absolute atomic E-state index is 12.5. The van der Waals surface area contributed by atoms with Crippen molar-refractivity contribution in [3.8, 4) is 0 Å². The number of benzene rings is 1. The zero-order valence-electron chi connectivity index (χ0n) is 14.8. The van der Waals surface area contributed by atoms with Gasteiger partial charge in [-0.25, -0.2) is 8.42 Å². The number of aromatic nitrogens is 1. The Morgan fingerprint density at radius 1 is 1.00 bits per heavy atom. The van der Waals surface area contributed by atoms with Gasteiger partial charge in [0.2, 0.25) is 10.0 Å². The van der Waals surface area contributed by atoms with Crippen LogP contribution in [0.25, 0.3) is 0 Å². The summed E-state index contributed by atoms with van der Waals surface area (Å²) in [7, 11) is -3.39. The highest BCUT2D eigenvalue weighted by molar-refractivity contribution is 7.92. The Kier molecular flexibility index (Phi) is 6.76. The van der Waals surface area contributed by atoms with Crippen molar-refractivity contribution in [3.05, 3.63) is 69.8 Å². The van der Waals surface area contributed by atoms with E-state index in [1.54, 1.807) is 18.5 Å². The lowest BCUT2D eigenvalue weighted by Crippen LogP contribution is -2.48. The lowest BCUT2D eigenvalue weighted by atomic mass is 10.2. The second kappa shape index (κ2) is 9.06. The molecule has 0 unspecified atom stereocenters. The standard InChI is InChI=1S/C19H21Cl2N3O2S/c20-17-4-6-19(7-5-17)23-8-10-24(11-9-23)27(25,26)12-2-1-3-16-13-18(21)15-22-14-16/h2,4-7,12-15H,1,3,8-11H2. The molecule has 0 atom stereocenters. The smallest absolute Gasteiger partial charge is 0.236 e. The summed E-state index contributed by atoms with van der Waals surface area (Å²) in [6.07, 6.45) is 6.33. The first-order chi connectivity index (χ1) is 12.9. The number of anilines is 1. The van der Waals surface area contributed by atoms with E-state index in [9.17, 15) is 8.42 Å². The Bertz CT molecular complexity index is 893. The largest absolute Gasteiger partial charge is 0.369 e. The van der Waals surface area contributed by atoms with E-state index in [4.69, 9.17) is 23.2 Å². The SMILES string of the molecule is O=S(=O)(C=CCCc1cncc(Cl)c1)N1CCN(c2ccc(Cl)cc2)CC1. The molecule has 8 heteroatoms. The highest BCUT2D eigenvalue weighted by atomic mass is 35.5. The minimum Gasteiger partial charge on any atom is -0.369 e. The van der Waals surface area contributed by atoms with Gasteiger partial charge in [0.1, 0.15) is 0 Å². The second-order valence-corrected chi connectivity index (χ2v) is 9.02. The van der Waals surface area contributed by atoms with E-state index in [0.717, 1.165) is 11.3 Å². The van der Waals surface area contributed by atoms with Crippen molar-refractivity contribution in [2.45, 2.75) is 12.8 Å². The molecule has 1 saturated heterocycles. The summed E-state index contributed by atoms with van der Waals surface area (Å²) >= 11 is 11.8. The number of sulfonamides is 1. The molecule has 1 aromatic carbocycles. The normalized spacial score (nSPS) is 16.1. The summed E-state index contributed by atoms with van der Waals surface area (Å²) in [5, 5.41) is 2.59. The summed E-state index contributed by atoms with van der Waals surface area (Å²) in [5.41, 5.74) is 2.04. The highest BCUT2D eigenvalue weighted by Gasteiger charge is 2.25. The molecule has 3 rings (SSSR count). The molecule has 2 aromatic rings. The van der Waals surface area contributed by atoms with Gasteiger partial charge in [0, 0.05) is 54.7 Å². The van der Waals surface area contributed by atoms with Crippen LogP contribution in [-0.4, -0.2) is 43.9 Å². The van der Waals surface area contributed by atoms with E-state index in [2.05, 4.69) is 9.88 Å². The molecule has 1 aromatic heterocycles. The summed E-state index contributed by atoms with van der Waals surface area (Å²) in [6.45, 7) is 2.24. The number of piperazine rings is 1. The number of hydrogen-bond donors (Lipinski definition) is 0. The molecule has 2 heterocycles. The number of aryl methyl sites for hydroxylation is 1. The molecule has 1 aliphatic heterocycles. The topological polar surface area (TPSA) is 53.5 Å².